The first-order chi connectivity index (χ1) is 13.7. The first-order valence-electron chi connectivity index (χ1n) is 8.79. The van der Waals surface area contributed by atoms with Crippen molar-refractivity contribution >= 4 is 29.2 Å². The molecule has 0 aliphatic heterocycles. The average molecular weight is 428 g/mol. The van der Waals surface area contributed by atoms with E-state index in [1.807, 2.05) is 12.1 Å². The lowest BCUT2D eigenvalue weighted by molar-refractivity contribution is -0.149. The molecule has 1 aliphatic carbocycles. The van der Waals surface area contributed by atoms with Crippen molar-refractivity contribution in [1.82, 2.24) is 0 Å². The minimum absolute atomic E-state index is 0.0716. The fourth-order valence-electron chi connectivity index (χ4n) is 2.95. The van der Waals surface area contributed by atoms with Crippen LogP contribution in [0.3, 0.4) is 0 Å². The summed E-state index contributed by atoms with van der Waals surface area (Å²) in [4.78, 5) is 23.6. The highest BCUT2D eigenvalue weighted by Crippen LogP contribution is 2.33. The third-order valence-corrected chi connectivity index (χ3v) is 4.69. The third kappa shape index (κ3) is 5.63. The largest absolute Gasteiger partial charge is 0.482 e. The first-order valence-corrected chi connectivity index (χ1v) is 9.17. The number of nitrogens with one attached hydrogen (secondary N) is 1. The molecule has 154 valence electrons. The molecule has 1 amide bonds. The quantitative estimate of drug-likeness (QED) is 0.694. The molecule has 1 N–H and O–H groups in total. The maximum Gasteiger partial charge on any atom is 0.416 e. The van der Waals surface area contributed by atoms with E-state index in [1.165, 1.54) is 11.1 Å². The zero-order valence-corrected chi connectivity index (χ0v) is 15.9. The second-order valence-corrected chi connectivity index (χ2v) is 6.88. The van der Waals surface area contributed by atoms with E-state index >= 15 is 0 Å². The van der Waals surface area contributed by atoms with Gasteiger partial charge in [-0.15, -0.1) is 0 Å². The molecular weight excluding hydrogens is 411 g/mol. The van der Waals surface area contributed by atoms with E-state index in [0.717, 1.165) is 31.4 Å². The molecule has 0 spiro atoms. The van der Waals surface area contributed by atoms with Gasteiger partial charge in [-0.2, -0.15) is 13.2 Å². The topological polar surface area (TPSA) is 64.6 Å². The summed E-state index contributed by atoms with van der Waals surface area (Å²) < 4.78 is 48.4. The maximum absolute atomic E-state index is 12.7. The van der Waals surface area contributed by atoms with Crippen molar-refractivity contribution in [2.24, 2.45) is 0 Å². The fraction of sp³-hybridized carbons (Fsp3) is 0.300. The number of carbonyl (C=O) groups is 2. The number of halogens is 4. The Morgan fingerprint density at radius 1 is 1.03 bits per heavy atom. The summed E-state index contributed by atoms with van der Waals surface area (Å²) in [6, 6.07) is 8.12. The number of benzene rings is 2. The highest BCUT2D eigenvalue weighted by Gasteiger charge is 2.31. The number of amides is 1. The van der Waals surface area contributed by atoms with Crippen LogP contribution in [0.1, 0.15) is 23.1 Å². The van der Waals surface area contributed by atoms with Crippen molar-refractivity contribution in [2.45, 2.75) is 25.4 Å². The maximum atomic E-state index is 12.7. The van der Waals surface area contributed by atoms with Crippen molar-refractivity contribution in [2.75, 3.05) is 18.5 Å². The Labute approximate surface area is 169 Å². The Morgan fingerprint density at radius 2 is 1.79 bits per heavy atom. The molecular formula is C20H17ClF3NO4. The van der Waals surface area contributed by atoms with Crippen LogP contribution in [0.15, 0.2) is 36.4 Å². The molecule has 0 saturated carbocycles. The van der Waals surface area contributed by atoms with Gasteiger partial charge < -0.3 is 14.8 Å². The molecule has 0 unspecified atom stereocenters. The highest BCUT2D eigenvalue weighted by atomic mass is 35.5. The van der Waals surface area contributed by atoms with E-state index in [4.69, 9.17) is 21.1 Å². The summed E-state index contributed by atoms with van der Waals surface area (Å²) >= 11 is 5.80. The van der Waals surface area contributed by atoms with E-state index in [2.05, 4.69) is 5.32 Å². The summed E-state index contributed by atoms with van der Waals surface area (Å²) in [6.07, 6.45) is -1.49. The van der Waals surface area contributed by atoms with Gasteiger partial charge in [-0.1, -0.05) is 17.7 Å². The molecule has 2 aromatic carbocycles. The molecule has 0 fully saturated rings. The van der Waals surface area contributed by atoms with Crippen molar-refractivity contribution in [3.8, 4) is 5.75 Å². The molecule has 5 nitrogen and oxygen atoms in total. The lowest BCUT2D eigenvalue weighted by Gasteiger charge is -2.12. The van der Waals surface area contributed by atoms with Crippen molar-refractivity contribution in [3.05, 3.63) is 58.1 Å². The molecule has 9 heteroatoms. The van der Waals surface area contributed by atoms with E-state index in [-0.39, 0.29) is 10.7 Å². The van der Waals surface area contributed by atoms with Crippen LogP contribution in [-0.4, -0.2) is 25.1 Å². The molecule has 0 atom stereocenters. The van der Waals surface area contributed by atoms with Crippen LogP contribution in [0.25, 0.3) is 0 Å². The van der Waals surface area contributed by atoms with Gasteiger partial charge in [0, 0.05) is 0 Å². The van der Waals surface area contributed by atoms with Crippen LogP contribution in [0.5, 0.6) is 5.75 Å². The summed E-state index contributed by atoms with van der Waals surface area (Å²) in [5, 5.41) is 2.12. The van der Waals surface area contributed by atoms with Crippen molar-refractivity contribution in [3.63, 3.8) is 0 Å². The number of ether oxygens (including phenoxy) is 2. The summed E-state index contributed by atoms with van der Waals surface area (Å²) in [5.74, 6) is -1.07. The number of anilines is 1. The van der Waals surface area contributed by atoms with Crippen LogP contribution in [0.2, 0.25) is 5.02 Å². The number of esters is 1. The molecule has 29 heavy (non-hydrogen) atoms. The normalized spacial score (nSPS) is 13.0. The fourth-order valence-corrected chi connectivity index (χ4v) is 3.12. The predicted octanol–water partition coefficient (Wildman–Crippen LogP) is 4.41. The van der Waals surface area contributed by atoms with Gasteiger partial charge in [-0.25, -0.2) is 4.79 Å². The lowest BCUT2D eigenvalue weighted by Crippen LogP contribution is -2.24. The molecule has 0 heterocycles. The monoisotopic (exact) mass is 427 g/mol. The average Bonchev–Trinajstić information content (AvgIpc) is 3.13. The van der Waals surface area contributed by atoms with Gasteiger partial charge in [0.2, 0.25) is 0 Å². The zero-order valence-electron chi connectivity index (χ0n) is 15.1. The predicted molar refractivity (Wildman–Crippen MR) is 100 cm³/mol. The minimum Gasteiger partial charge on any atom is -0.482 e. The van der Waals surface area contributed by atoms with Gasteiger partial charge in [0.05, 0.1) is 16.3 Å². The Kier molecular flexibility index (Phi) is 6.32. The Hall–Kier alpha value is -2.74. The number of alkyl halides is 3. The Bertz CT molecular complexity index is 930. The third-order valence-electron chi connectivity index (χ3n) is 4.36. The van der Waals surface area contributed by atoms with E-state index in [9.17, 15) is 22.8 Å². The van der Waals surface area contributed by atoms with E-state index in [0.29, 0.717) is 11.8 Å². The van der Waals surface area contributed by atoms with Crippen LogP contribution < -0.4 is 10.1 Å². The van der Waals surface area contributed by atoms with E-state index < -0.39 is 36.8 Å². The number of carbonyl (C=O) groups excluding carboxylic acids is 2. The first kappa shape index (κ1) is 21.0. The summed E-state index contributed by atoms with van der Waals surface area (Å²) in [6.45, 7) is -1.07. The molecule has 0 radical (unpaired) electrons. The number of rotatable bonds is 6. The standard InChI is InChI=1S/C20H17ClF3NO4/c21-16-7-5-14(20(22,23)24)9-17(16)25-18(26)10-29-19(27)11-28-15-6-4-12-2-1-3-13(12)8-15/h4-9H,1-3,10-11H2,(H,25,26). The second-order valence-electron chi connectivity index (χ2n) is 6.47. The summed E-state index contributed by atoms with van der Waals surface area (Å²) in [5.41, 5.74) is 1.27. The van der Waals surface area contributed by atoms with Gasteiger partial charge in [0.25, 0.3) is 5.91 Å². The lowest BCUT2D eigenvalue weighted by atomic mass is 10.1. The van der Waals surface area contributed by atoms with Crippen LogP contribution in [-0.2, 0) is 33.3 Å². The molecule has 1 aliphatic rings. The van der Waals surface area contributed by atoms with E-state index in [1.54, 1.807) is 6.07 Å². The minimum atomic E-state index is -4.58. The Balaban J connectivity index is 1.47. The van der Waals surface area contributed by atoms with Gasteiger partial charge in [0.15, 0.2) is 13.2 Å². The van der Waals surface area contributed by atoms with Crippen LogP contribution in [0.4, 0.5) is 18.9 Å². The molecule has 0 bridgehead atoms. The van der Waals surface area contributed by atoms with Crippen LogP contribution in [0, 0.1) is 0 Å². The van der Waals surface area contributed by atoms with Gasteiger partial charge in [0.1, 0.15) is 5.75 Å². The number of hydrogen-bond donors (Lipinski definition) is 1. The second kappa shape index (κ2) is 8.73. The Morgan fingerprint density at radius 3 is 2.55 bits per heavy atom. The SMILES string of the molecule is O=C(COC(=O)COc1ccc2c(c1)CCC2)Nc1cc(C(F)(F)F)ccc1Cl. The zero-order chi connectivity index (χ0) is 21.0. The van der Waals surface area contributed by atoms with Gasteiger partial charge in [-0.3, -0.25) is 4.79 Å². The van der Waals surface area contributed by atoms with Gasteiger partial charge >= 0.3 is 12.1 Å². The van der Waals surface area contributed by atoms with Crippen molar-refractivity contribution < 1.29 is 32.2 Å². The molecule has 0 aromatic heterocycles. The smallest absolute Gasteiger partial charge is 0.416 e. The summed E-state index contributed by atoms with van der Waals surface area (Å²) in [7, 11) is 0. The number of aryl methyl sites for hydroxylation is 2. The van der Waals surface area contributed by atoms with Crippen molar-refractivity contribution in [1.29, 1.82) is 0 Å². The number of fused-ring (bicyclic) bond motifs is 1. The highest BCUT2D eigenvalue weighted by molar-refractivity contribution is 6.33. The van der Waals surface area contributed by atoms with Crippen LogP contribution >= 0.6 is 11.6 Å². The van der Waals surface area contributed by atoms with Gasteiger partial charge in [-0.05, 0) is 60.7 Å². The molecule has 2 aromatic rings. The number of hydrogen-bond acceptors (Lipinski definition) is 4. The molecule has 0 saturated heterocycles. The molecule has 3 rings (SSSR count).